The predicted molar refractivity (Wildman–Crippen MR) is 54.5 cm³/mol. The average molecular weight is 186 g/mol. The SMILES string of the molecule is CCC(N)(CO)C1CCN(C)CC1. The zero-order chi connectivity index (χ0) is 9.90. The monoisotopic (exact) mass is 186 g/mol. The van der Waals surface area contributed by atoms with Crippen LogP contribution >= 0.6 is 0 Å². The molecule has 0 aromatic carbocycles. The molecule has 1 fully saturated rings. The number of piperidine rings is 1. The Labute approximate surface area is 80.9 Å². The molecule has 0 radical (unpaired) electrons. The highest BCUT2D eigenvalue weighted by Gasteiger charge is 2.34. The number of hydrogen-bond donors (Lipinski definition) is 2. The molecule has 0 amide bonds. The summed E-state index contributed by atoms with van der Waals surface area (Å²) in [6.07, 6.45) is 3.13. The van der Waals surface area contributed by atoms with Crippen molar-refractivity contribution >= 4 is 0 Å². The van der Waals surface area contributed by atoms with E-state index in [1.165, 1.54) is 0 Å². The third-order valence-electron chi connectivity index (χ3n) is 3.48. The van der Waals surface area contributed by atoms with E-state index in [0.29, 0.717) is 5.92 Å². The van der Waals surface area contributed by atoms with Crippen molar-refractivity contribution in [3.63, 3.8) is 0 Å². The van der Waals surface area contributed by atoms with Crippen molar-refractivity contribution in [1.29, 1.82) is 0 Å². The van der Waals surface area contributed by atoms with E-state index in [-0.39, 0.29) is 12.1 Å². The van der Waals surface area contributed by atoms with Gasteiger partial charge in [-0.3, -0.25) is 0 Å². The minimum atomic E-state index is -0.332. The molecule has 0 bridgehead atoms. The summed E-state index contributed by atoms with van der Waals surface area (Å²) in [6.45, 7) is 4.42. The summed E-state index contributed by atoms with van der Waals surface area (Å²) >= 11 is 0. The molecule has 1 saturated heterocycles. The van der Waals surface area contributed by atoms with Gasteiger partial charge in [0, 0.05) is 5.54 Å². The van der Waals surface area contributed by atoms with Crippen LogP contribution in [0.25, 0.3) is 0 Å². The first-order chi connectivity index (χ1) is 6.12. The molecule has 13 heavy (non-hydrogen) atoms. The fourth-order valence-corrected chi connectivity index (χ4v) is 2.11. The Morgan fingerprint density at radius 2 is 2.00 bits per heavy atom. The Morgan fingerprint density at radius 3 is 2.38 bits per heavy atom. The van der Waals surface area contributed by atoms with E-state index in [1.807, 2.05) is 0 Å². The molecule has 3 N–H and O–H groups in total. The molecule has 3 nitrogen and oxygen atoms in total. The van der Waals surface area contributed by atoms with Gasteiger partial charge in [-0.25, -0.2) is 0 Å². The topological polar surface area (TPSA) is 49.5 Å². The van der Waals surface area contributed by atoms with Gasteiger partial charge in [-0.05, 0) is 45.3 Å². The zero-order valence-electron chi connectivity index (χ0n) is 8.79. The molecule has 1 rings (SSSR count). The summed E-state index contributed by atoms with van der Waals surface area (Å²) in [5.41, 5.74) is 5.82. The van der Waals surface area contributed by atoms with Crippen LogP contribution in [0.4, 0.5) is 0 Å². The molecule has 0 aliphatic carbocycles. The normalized spacial score (nSPS) is 25.8. The standard InChI is InChI=1S/C10H22N2O/c1-3-10(11,8-13)9-4-6-12(2)7-5-9/h9,13H,3-8,11H2,1-2H3. The van der Waals surface area contributed by atoms with Gasteiger partial charge in [-0.1, -0.05) is 6.92 Å². The van der Waals surface area contributed by atoms with E-state index in [2.05, 4.69) is 18.9 Å². The largest absolute Gasteiger partial charge is 0.394 e. The molecule has 0 saturated carbocycles. The van der Waals surface area contributed by atoms with Crippen LogP contribution in [0.3, 0.4) is 0 Å². The van der Waals surface area contributed by atoms with Crippen LogP contribution < -0.4 is 5.73 Å². The second-order valence-electron chi connectivity index (χ2n) is 4.32. The maximum Gasteiger partial charge on any atom is 0.0613 e. The van der Waals surface area contributed by atoms with Crippen molar-refractivity contribution in [2.75, 3.05) is 26.7 Å². The smallest absolute Gasteiger partial charge is 0.0613 e. The summed E-state index contributed by atoms with van der Waals surface area (Å²) in [4.78, 5) is 2.32. The zero-order valence-corrected chi connectivity index (χ0v) is 8.79. The lowest BCUT2D eigenvalue weighted by atomic mass is 9.77. The molecule has 1 unspecified atom stereocenters. The predicted octanol–water partition coefficient (Wildman–Crippen LogP) is 0.428. The minimum absolute atomic E-state index is 0.123. The van der Waals surface area contributed by atoms with Gasteiger partial charge in [-0.2, -0.15) is 0 Å². The van der Waals surface area contributed by atoms with Crippen LogP contribution in [-0.4, -0.2) is 42.3 Å². The van der Waals surface area contributed by atoms with Gasteiger partial charge in [0.2, 0.25) is 0 Å². The second kappa shape index (κ2) is 4.40. The third-order valence-corrected chi connectivity index (χ3v) is 3.48. The van der Waals surface area contributed by atoms with Gasteiger partial charge < -0.3 is 15.7 Å². The highest BCUT2D eigenvalue weighted by Crippen LogP contribution is 2.28. The van der Waals surface area contributed by atoms with Crippen molar-refractivity contribution in [3.05, 3.63) is 0 Å². The minimum Gasteiger partial charge on any atom is -0.394 e. The number of rotatable bonds is 3. The van der Waals surface area contributed by atoms with Crippen molar-refractivity contribution in [3.8, 4) is 0 Å². The van der Waals surface area contributed by atoms with E-state index < -0.39 is 0 Å². The molecule has 1 atom stereocenters. The molecule has 1 aliphatic rings. The molecular weight excluding hydrogens is 164 g/mol. The van der Waals surface area contributed by atoms with Crippen molar-refractivity contribution < 1.29 is 5.11 Å². The number of hydrogen-bond acceptors (Lipinski definition) is 3. The Kier molecular flexibility index (Phi) is 3.71. The van der Waals surface area contributed by atoms with Crippen LogP contribution in [0.5, 0.6) is 0 Å². The quantitative estimate of drug-likeness (QED) is 0.672. The van der Waals surface area contributed by atoms with Crippen molar-refractivity contribution in [1.82, 2.24) is 4.90 Å². The van der Waals surface area contributed by atoms with Crippen molar-refractivity contribution in [2.24, 2.45) is 11.7 Å². The number of nitrogens with zero attached hydrogens (tertiary/aromatic N) is 1. The van der Waals surface area contributed by atoms with Crippen LogP contribution in [-0.2, 0) is 0 Å². The Hall–Kier alpha value is -0.120. The first kappa shape index (κ1) is 11.0. The second-order valence-corrected chi connectivity index (χ2v) is 4.32. The summed E-state index contributed by atoms with van der Waals surface area (Å²) in [7, 11) is 2.14. The number of aliphatic hydroxyl groups is 1. The molecule has 0 aromatic rings. The first-order valence-electron chi connectivity index (χ1n) is 5.20. The van der Waals surface area contributed by atoms with E-state index in [4.69, 9.17) is 5.73 Å². The molecule has 78 valence electrons. The maximum atomic E-state index is 9.26. The number of likely N-dealkylation sites (tertiary alicyclic amines) is 1. The lowest BCUT2D eigenvalue weighted by Gasteiger charge is -2.40. The lowest BCUT2D eigenvalue weighted by Crippen LogP contribution is -2.53. The van der Waals surface area contributed by atoms with Gasteiger partial charge in [-0.15, -0.1) is 0 Å². The summed E-state index contributed by atoms with van der Waals surface area (Å²) in [5.74, 6) is 0.499. The Bertz CT molecular complexity index is 149. The molecule has 1 heterocycles. The fourth-order valence-electron chi connectivity index (χ4n) is 2.11. The van der Waals surface area contributed by atoms with Crippen LogP contribution in [0, 0.1) is 5.92 Å². The Morgan fingerprint density at radius 1 is 1.46 bits per heavy atom. The molecule has 3 heteroatoms. The van der Waals surface area contributed by atoms with E-state index in [0.717, 1.165) is 32.4 Å². The molecule has 0 aromatic heterocycles. The van der Waals surface area contributed by atoms with Gasteiger partial charge >= 0.3 is 0 Å². The summed E-state index contributed by atoms with van der Waals surface area (Å²) < 4.78 is 0. The van der Waals surface area contributed by atoms with Gasteiger partial charge in [0.15, 0.2) is 0 Å². The molecule has 1 aliphatic heterocycles. The number of nitrogens with two attached hydrogens (primary N) is 1. The van der Waals surface area contributed by atoms with Gasteiger partial charge in [0.1, 0.15) is 0 Å². The van der Waals surface area contributed by atoms with Crippen LogP contribution in [0.15, 0.2) is 0 Å². The van der Waals surface area contributed by atoms with Gasteiger partial charge in [0.25, 0.3) is 0 Å². The van der Waals surface area contributed by atoms with E-state index >= 15 is 0 Å². The first-order valence-corrected chi connectivity index (χ1v) is 5.20. The van der Waals surface area contributed by atoms with E-state index in [1.54, 1.807) is 0 Å². The molecular formula is C10H22N2O. The summed E-state index contributed by atoms with van der Waals surface area (Å²) in [5, 5.41) is 9.26. The Balaban J connectivity index is 2.51. The van der Waals surface area contributed by atoms with Crippen molar-refractivity contribution in [2.45, 2.75) is 31.7 Å². The third kappa shape index (κ3) is 2.42. The average Bonchev–Trinajstić information content (AvgIpc) is 2.18. The van der Waals surface area contributed by atoms with Crippen LogP contribution in [0.1, 0.15) is 26.2 Å². The highest BCUT2D eigenvalue weighted by molar-refractivity contribution is 4.92. The van der Waals surface area contributed by atoms with Gasteiger partial charge in [0.05, 0.1) is 6.61 Å². The lowest BCUT2D eigenvalue weighted by molar-refractivity contribution is 0.0886. The van der Waals surface area contributed by atoms with Crippen LogP contribution in [0.2, 0.25) is 0 Å². The fraction of sp³-hybridized carbons (Fsp3) is 1.00. The number of aliphatic hydroxyl groups excluding tert-OH is 1. The highest BCUT2D eigenvalue weighted by atomic mass is 16.3. The van der Waals surface area contributed by atoms with E-state index in [9.17, 15) is 5.11 Å². The summed E-state index contributed by atoms with van der Waals surface area (Å²) in [6, 6.07) is 0. The molecule has 0 spiro atoms. The maximum absolute atomic E-state index is 9.26.